The summed E-state index contributed by atoms with van der Waals surface area (Å²) in [6.07, 6.45) is 0. The van der Waals surface area contributed by atoms with E-state index in [0.29, 0.717) is 5.56 Å². The first-order valence-electron chi connectivity index (χ1n) is 5.18. The van der Waals surface area contributed by atoms with Gasteiger partial charge in [-0.1, -0.05) is 30.3 Å². The van der Waals surface area contributed by atoms with Gasteiger partial charge in [0.2, 0.25) is 10.0 Å². The lowest BCUT2D eigenvalue weighted by molar-refractivity contribution is 0.121. The van der Waals surface area contributed by atoms with Crippen molar-refractivity contribution in [1.82, 2.24) is 4.72 Å². The summed E-state index contributed by atoms with van der Waals surface area (Å²) in [7, 11) is -3.59. The summed E-state index contributed by atoms with van der Waals surface area (Å²) in [5, 5.41) is 18.1. The number of hydrogen-bond donors (Lipinski definition) is 3. The number of rotatable bonds is 6. The molecule has 0 amide bonds. The molecule has 5 nitrogen and oxygen atoms in total. The van der Waals surface area contributed by atoms with Gasteiger partial charge in [-0.2, -0.15) is 0 Å². The molecule has 0 aliphatic carbocycles. The Labute approximate surface area is 101 Å². The van der Waals surface area contributed by atoms with Gasteiger partial charge in [0.25, 0.3) is 0 Å². The van der Waals surface area contributed by atoms with Crippen LogP contribution in [0.25, 0.3) is 0 Å². The quantitative estimate of drug-likeness (QED) is 0.663. The number of aliphatic hydroxyl groups excluding tert-OH is 2. The van der Waals surface area contributed by atoms with Crippen molar-refractivity contribution >= 4 is 10.0 Å². The van der Waals surface area contributed by atoms with Gasteiger partial charge >= 0.3 is 0 Å². The van der Waals surface area contributed by atoms with E-state index < -0.39 is 28.8 Å². The van der Waals surface area contributed by atoms with Crippen molar-refractivity contribution in [2.45, 2.75) is 18.2 Å². The van der Waals surface area contributed by atoms with Crippen molar-refractivity contribution in [3.8, 4) is 0 Å². The van der Waals surface area contributed by atoms with E-state index in [4.69, 9.17) is 10.2 Å². The lowest BCUT2D eigenvalue weighted by Crippen LogP contribution is -2.51. The fourth-order valence-corrected chi connectivity index (χ4v) is 2.90. The van der Waals surface area contributed by atoms with E-state index in [9.17, 15) is 8.42 Å². The van der Waals surface area contributed by atoms with Gasteiger partial charge < -0.3 is 10.2 Å². The number of benzene rings is 1. The summed E-state index contributed by atoms with van der Waals surface area (Å²) in [6, 6.07) is 8.71. The third kappa shape index (κ3) is 4.43. The molecule has 0 radical (unpaired) electrons. The van der Waals surface area contributed by atoms with Crippen molar-refractivity contribution in [1.29, 1.82) is 0 Å². The molecule has 0 saturated heterocycles. The van der Waals surface area contributed by atoms with Crippen molar-refractivity contribution in [2.24, 2.45) is 0 Å². The first-order chi connectivity index (χ1) is 7.91. The molecule has 0 saturated carbocycles. The molecule has 1 rings (SSSR count). The van der Waals surface area contributed by atoms with Gasteiger partial charge in [0.05, 0.1) is 24.5 Å². The normalized spacial score (nSPS) is 12.6. The Hall–Kier alpha value is -0.950. The van der Waals surface area contributed by atoms with Crippen LogP contribution < -0.4 is 4.72 Å². The van der Waals surface area contributed by atoms with E-state index in [1.807, 2.05) is 0 Å². The highest BCUT2D eigenvalue weighted by Gasteiger charge is 2.28. The van der Waals surface area contributed by atoms with E-state index in [1.54, 1.807) is 30.3 Å². The summed E-state index contributed by atoms with van der Waals surface area (Å²) in [5.41, 5.74) is -0.577. The molecular weight excluding hydrogens is 242 g/mol. The van der Waals surface area contributed by atoms with Gasteiger partial charge in [-0.05, 0) is 12.5 Å². The van der Waals surface area contributed by atoms with Crippen molar-refractivity contribution in [2.75, 3.05) is 13.2 Å². The topological polar surface area (TPSA) is 86.6 Å². The summed E-state index contributed by atoms with van der Waals surface area (Å²) in [6.45, 7) is 0.518. The fraction of sp³-hybridized carbons (Fsp3) is 0.455. The second-order valence-electron chi connectivity index (χ2n) is 4.22. The van der Waals surface area contributed by atoms with Crippen LogP contribution in [0.4, 0.5) is 0 Å². The van der Waals surface area contributed by atoms with E-state index in [2.05, 4.69) is 4.72 Å². The Bertz CT molecular complexity index is 440. The van der Waals surface area contributed by atoms with Crippen LogP contribution in [0.5, 0.6) is 0 Å². The Morgan fingerprint density at radius 1 is 1.18 bits per heavy atom. The zero-order valence-corrected chi connectivity index (χ0v) is 10.4. The van der Waals surface area contributed by atoms with Gasteiger partial charge in [0.15, 0.2) is 0 Å². The standard InChI is InChI=1S/C11H17NO4S/c1-11(8-13,9-14)12-17(15,16)7-10-5-3-2-4-6-10/h2-6,12-14H,7-9H2,1H3. The van der Waals surface area contributed by atoms with Crippen molar-refractivity contribution in [3.05, 3.63) is 35.9 Å². The average Bonchev–Trinajstić information content (AvgIpc) is 2.29. The first-order valence-corrected chi connectivity index (χ1v) is 6.83. The average molecular weight is 259 g/mol. The SMILES string of the molecule is CC(CO)(CO)NS(=O)(=O)Cc1ccccc1. The van der Waals surface area contributed by atoms with Gasteiger partial charge in [-0.3, -0.25) is 0 Å². The first kappa shape index (κ1) is 14.1. The van der Waals surface area contributed by atoms with Crippen LogP contribution in [-0.4, -0.2) is 37.4 Å². The van der Waals surface area contributed by atoms with E-state index >= 15 is 0 Å². The lowest BCUT2D eigenvalue weighted by Gasteiger charge is -2.25. The summed E-state index contributed by atoms with van der Waals surface area (Å²) < 4.78 is 25.9. The third-order valence-electron chi connectivity index (χ3n) is 2.30. The van der Waals surface area contributed by atoms with Crippen molar-refractivity contribution in [3.63, 3.8) is 0 Å². The molecule has 1 aromatic rings. The molecule has 1 aromatic carbocycles. The second-order valence-corrected chi connectivity index (χ2v) is 5.95. The van der Waals surface area contributed by atoms with Crippen LogP contribution in [-0.2, 0) is 15.8 Å². The van der Waals surface area contributed by atoms with Crippen LogP contribution in [0.3, 0.4) is 0 Å². The predicted octanol–water partition coefficient (Wildman–Crippen LogP) is -0.151. The molecule has 0 aliphatic rings. The molecule has 96 valence electrons. The molecule has 0 unspecified atom stereocenters. The number of aliphatic hydroxyl groups is 2. The zero-order valence-electron chi connectivity index (χ0n) is 9.63. The zero-order chi connectivity index (χ0) is 12.9. The molecule has 0 fully saturated rings. The summed E-state index contributed by atoms with van der Waals surface area (Å²) in [5.74, 6) is -0.177. The van der Waals surface area contributed by atoms with Crippen LogP contribution in [0, 0.1) is 0 Å². The Kier molecular flexibility index (Phi) is 4.64. The highest BCUT2D eigenvalue weighted by Crippen LogP contribution is 2.09. The van der Waals surface area contributed by atoms with E-state index in [-0.39, 0.29) is 5.75 Å². The minimum Gasteiger partial charge on any atom is -0.394 e. The van der Waals surface area contributed by atoms with Gasteiger partial charge in [0.1, 0.15) is 0 Å². The molecule has 3 N–H and O–H groups in total. The van der Waals surface area contributed by atoms with Gasteiger partial charge in [0, 0.05) is 0 Å². The molecule has 0 aliphatic heterocycles. The molecule has 0 heterocycles. The maximum atomic E-state index is 11.8. The minimum absolute atomic E-state index is 0.177. The van der Waals surface area contributed by atoms with E-state index in [0.717, 1.165) is 0 Å². The fourth-order valence-electron chi connectivity index (χ4n) is 1.32. The highest BCUT2D eigenvalue weighted by molar-refractivity contribution is 7.88. The molecule has 0 aromatic heterocycles. The maximum Gasteiger partial charge on any atom is 0.216 e. The molecule has 6 heteroatoms. The van der Waals surface area contributed by atoms with Crippen LogP contribution in [0.1, 0.15) is 12.5 Å². The van der Waals surface area contributed by atoms with Crippen LogP contribution in [0.2, 0.25) is 0 Å². The van der Waals surface area contributed by atoms with Gasteiger partial charge in [-0.15, -0.1) is 0 Å². The molecular formula is C11H17NO4S. The Balaban J connectivity index is 2.77. The minimum atomic E-state index is -3.59. The number of hydrogen-bond acceptors (Lipinski definition) is 4. The molecule has 17 heavy (non-hydrogen) atoms. The maximum absolute atomic E-state index is 11.8. The van der Waals surface area contributed by atoms with Crippen LogP contribution in [0.15, 0.2) is 30.3 Å². The number of sulfonamides is 1. The molecule has 0 bridgehead atoms. The van der Waals surface area contributed by atoms with Crippen LogP contribution >= 0.6 is 0 Å². The number of nitrogens with one attached hydrogen (secondary N) is 1. The summed E-state index contributed by atoms with van der Waals surface area (Å²) >= 11 is 0. The predicted molar refractivity (Wildman–Crippen MR) is 64.8 cm³/mol. The smallest absolute Gasteiger partial charge is 0.216 e. The Morgan fingerprint density at radius 3 is 2.18 bits per heavy atom. The lowest BCUT2D eigenvalue weighted by atomic mass is 10.1. The monoisotopic (exact) mass is 259 g/mol. The Morgan fingerprint density at radius 2 is 1.71 bits per heavy atom. The molecule has 0 atom stereocenters. The third-order valence-corrected chi connectivity index (χ3v) is 3.82. The largest absolute Gasteiger partial charge is 0.394 e. The van der Waals surface area contributed by atoms with E-state index in [1.165, 1.54) is 6.92 Å². The van der Waals surface area contributed by atoms with Gasteiger partial charge in [-0.25, -0.2) is 13.1 Å². The summed E-state index contributed by atoms with van der Waals surface area (Å²) in [4.78, 5) is 0. The molecule has 0 spiro atoms. The van der Waals surface area contributed by atoms with Crippen molar-refractivity contribution < 1.29 is 18.6 Å². The second kappa shape index (κ2) is 5.59. The highest BCUT2D eigenvalue weighted by atomic mass is 32.2.